The summed E-state index contributed by atoms with van der Waals surface area (Å²) in [6, 6.07) is 19.5. The van der Waals surface area contributed by atoms with Gasteiger partial charge in [0, 0.05) is 6.07 Å². The van der Waals surface area contributed by atoms with E-state index in [0.29, 0.717) is 40.5 Å². The summed E-state index contributed by atoms with van der Waals surface area (Å²) in [6.45, 7) is 4.22. The Morgan fingerprint density at radius 2 is 1.68 bits per heavy atom. The Bertz CT molecular complexity index is 1340. The Morgan fingerprint density at radius 1 is 0.912 bits per heavy atom. The lowest BCUT2D eigenvalue weighted by atomic mass is 10.2. The van der Waals surface area contributed by atoms with Gasteiger partial charge in [-0.05, 0) is 55.3 Å². The van der Waals surface area contributed by atoms with Gasteiger partial charge in [-0.15, -0.1) is 0 Å². The normalized spacial score (nSPS) is 10.6. The first kappa shape index (κ1) is 22.9. The number of fused-ring (bicyclic) bond motifs is 1. The summed E-state index contributed by atoms with van der Waals surface area (Å²) in [5.74, 6) is 1.29. The summed E-state index contributed by atoms with van der Waals surface area (Å²) < 4.78 is 22.4. The zero-order valence-electron chi connectivity index (χ0n) is 19.0. The van der Waals surface area contributed by atoms with Crippen molar-refractivity contribution in [3.63, 3.8) is 0 Å². The minimum absolute atomic E-state index is 0.0951. The quantitative estimate of drug-likeness (QED) is 0.352. The van der Waals surface area contributed by atoms with Gasteiger partial charge in [0.15, 0.2) is 6.61 Å². The van der Waals surface area contributed by atoms with Crippen molar-refractivity contribution >= 4 is 22.6 Å². The first-order chi connectivity index (χ1) is 16.6. The van der Waals surface area contributed by atoms with E-state index < -0.39 is 0 Å². The summed E-state index contributed by atoms with van der Waals surface area (Å²) in [7, 11) is 0. The van der Waals surface area contributed by atoms with Gasteiger partial charge in [0.1, 0.15) is 29.1 Å². The summed E-state index contributed by atoms with van der Waals surface area (Å²) in [4.78, 5) is 25.2. The summed E-state index contributed by atoms with van der Waals surface area (Å²) in [5.41, 5.74) is 1.79. The molecule has 0 unspecified atom stereocenters. The molecule has 0 bridgehead atoms. The van der Waals surface area contributed by atoms with Crippen molar-refractivity contribution in [3.8, 4) is 23.0 Å². The number of nitrogens with one attached hydrogen (secondary N) is 1. The number of hydrogen-bond acceptors (Lipinski definition) is 6. The lowest BCUT2D eigenvalue weighted by Crippen LogP contribution is -2.20. The smallest absolute Gasteiger partial charge is 0.262 e. The van der Waals surface area contributed by atoms with E-state index in [1.807, 2.05) is 43.3 Å². The van der Waals surface area contributed by atoms with E-state index in [2.05, 4.69) is 12.2 Å². The van der Waals surface area contributed by atoms with Gasteiger partial charge in [0.2, 0.25) is 11.2 Å². The van der Waals surface area contributed by atoms with Crippen LogP contribution in [0.2, 0.25) is 0 Å². The summed E-state index contributed by atoms with van der Waals surface area (Å²) in [5, 5.41) is 3.12. The molecule has 0 radical (unpaired) electrons. The SMILES string of the molecule is CCOc1ccccc1NC(=O)COc1ccc2c(=O)c(Oc3ccc(CC)cc3)coc2c1. The van der Waals surface area contributed by atoms with Gasteiger partial charge in [0.05, 0.1) is 17.7 Å². The minimum Gasteiger partial charge on any atom is -0.492 e. The topological polar surface area (TPSA) is 87.0 Å². The van der Waals surface area contributed by atoms with Gasteiger partial charge in [-0.2, -0.15) is 0 Å². The third kappa shape index (κ3) is 5.38. The number of para-hydroxylation sites is 2. The van der Waals surface area contributed by atoms with Gasteiger partial charge < -0.3 is 23.9 Å². The molecule has 4 rings (SSSR count). The standard InChI is InChI=1S/C27H25NO6/c1-3-18-9-11-19(12-10-18)34-25-16-33-24-15-20(13-14-21(24)27(25)30)32-17-26(29)28-22-7-5-6-8-23(22)31-4-2/h5-16H,3-4,17H2,1-2H3,(H,28,29). The summed E-state index contributed by atoms with van der Waals surface area (Å²) in [6.07, 6.45) is 2.20. The number of anilines is 1. The molecule has 1 amide bonds. The highest BCUT2D eigenvalue weighted by atomic mass is 16.5. The van der Waals surface area contributed by atoms with Crippen LogP contribution in [0.1, 0.15) is 19.4 Å². The van der Waals surface area contributed by atoms with Crippen LogP contribution in [0.3, 0.4) is 0 Å². The number of amides is 1. The maximum atomic E-state index is 12.8. The highest BCUT2D eigenvalue weighted by Gasteiger charge is 2.12. The maximum Gasteiger partial charge on any atom is 0.262 e. The van der Waals surface area contributed by atoms with Crippen molar-refractivity contribution in [2.24, 2.45) is 0 Å². The molecule has 0 aliphatic heterocycles. The fraction of sp³-hybridized carbons (Fsp3) is 0.185. The van der Waals surface area contributed by atoms with Gasteiger partial charge in [0.25, 0.3) is 5.91 Å². The summed E-state index contributed by atoms with van der Waals surface area (Å²) >= 11 is 0. The number of carbonyl (C=O) groups excluding carboxylic acids is 1. The Labute approximate surface area is 196 Å². The van der Waals surface area contributed by atoms with Crippen molar-refractivity contribution in [2.75, 3.05) is 18.5 Å². The highest BCUT2D eigenvalue weighted by Crippen LogP contribution is 2.25. The zero-order chi connectivity index (χ0) is 23.9. The molecule has 1 N–H and O–H groups in total. The molecular formula is C27H25NO6. The molecule has 4 aromatic rings. The second-order valence-corrected chi connectivity index (χ2v) is 7.45. The Hall–Kier alpha value is -4.26. The second-order valence-electron chi connectivity index (χ2n) is 7.45. The van der Waals surface area contributed by atoms with Crippen LogP contribution >= 0.6 is 0 Å². The first-order valence-electron chi connectivity index (χ1n) is 11.0. The molecule has 0 saturated heterocycles. The Morgan fingerprint density at radius 3 is 2.44 bits per heavy atom. The lowest BCUT2D eigenvalue weighted by molar-refractivity contribution is -0.118. The molecule has 0 aliphatic carbocycles. The maximum absolute atomic E-state index is 12.8. The molecule has 174 valence electrons. The number of carbonyl (C=O) groups is 1. The predicted molar refractivity (Wildman–Crippen MR) is 130 cm³/mol. The molecule has 34 heavy (non-hydrogen) atoms. The number of aryl methyl sites for hydroxylation is 1. The van der Waals surface area contributed by atoms with E-state index in [1.165, 1.54) is 11.8 Å². The fourth-order valence-electron chi connectivity index (χ4n) is 3.36. The van der Waals surface area contributed by atoms with E-state index in [9.17, 15) is 9.59 Å². The third-order valence-electron chi connectivity index (χ3n) is 5.10. The number of rotatable bonds is 9. The van der Waals surface area contributed by atoms with E-state index in [4.69, 9.17) is 18.6 Å². The van der Waals surface area contributed by atoms with Crippen LogP contribution < -0.4 is 25.0 Å². The second kappa shape index (κ2) is 10.6. The third-order valence-corrected chi connectivity index (χ3v) is 5.10. The minimum atomic E-state index is -0.341. The molecule has 0 fully saturated rings. The average Bonchev–Trinajstić information content (AvgIpc) is 2.86. The zero-order valence-corrected chi connectivity index (χ0v) is 19.0. The first-order valence-corrected chi connectivity index (χ1v) is 11.0. The van der Waals surface area contributed by atoms with Crippen LogP contribution in [-0.4, -0.2) is 19.1 Å². The van der Waals surface area contributed by atoms with E-state index in [0.717, 1.165) is 6.42 Å². The number of ether oxygens (including phenoxy) is 3. The molecule has 1 heterocycles. The van der Waals surface area contributed by atoms with Crippen LogP contribution in [-0.2, 0) is 11.2 Å². The molecule has 0 atom stereocenters. The van der Waals surface area contributed by atoms with Crippen LogP contribution in [0.25, 0.3) is 11.0 Å². The van der Waals surface area contributed by atoms with Gasteiger partial charge >= 0.3 is 0 Å². The molecular weight excluding hydrogens is 434 g/mol. The van der Waals surface area contributed by atoms with E-state index >= 15 is 0 Å². The van der Waals surface area contributed by atoms with Crippen LogP contribution in [0, 0.1) is 0 Å². The van der Waals surface area contributed by atoms with Gasteiger partial charge in [-0.3, -0.25) is 9.59 Å². The van der Waals surface area contributed by atoms with E-state index in [-0.39, 0.29) is 23.7 Å². The number of benzene rings is 3. The van der Waals surface area contributed by atoms with Crippen molar-refractivity contribution in [2.45, 2.75) is 20.3 Å². The van der Waals surface area contributed by atoms with E-state index in [1.54, 1.807) is 30.3 Å². The van der Waals surface area contributed by atoms with Crippen molar-refractivity contribution in [3.05, 3.63) is 88.8 Å². The monoisotopic (exact) mass is 459 g/mol. The molecule has 3 aromatic carbocycles. The highest BCUT2D eigenvalue weighted by molar-refractivity contribution is 5.93. The lowest BCUT2D eigenvalue weighted by Gasteiger charge is -2.12. The van der Waals surface area contributed by atoms with Gasteiger partial charge in [-0.1, -0.05) is 31.2 Å². The number of hydrogen-bond donors (Lipinski definition) is 1. The average molecular weight is 459 g/mol. The van der Waals surface area contributed by atoms with Crippen molar-refractivity contribution in [1.82, 2.24) is 0 Å². The fourth-order valence-corrected chi connectivity index (χ4v) is 3.36. The van der Waals surface area contributed by atoms with Crippen LogP contribution in [0.4, 0.5) is 5.69 Å². The molecule has 7 nitrogen and oxygen atoms in total. The molecule has 0 saturated carbocycles. The van der Waals surface area contributed by atoms with Crippen LogP contribution in [0.5, 0.6) is 23.0 Å². The largest absolute Gasteiger partial charge is 0.492 e. The van der Waals surface area contributed by atoms with Gasteiger partial charge in [-0.25, -0.2) is 0 Å². The molecule has 1 aromatic heterocycles. The molecule has 7 heteroatoms. The van der Waals surface area contributed by atoms with Crippen LogP contribution in [0.15, 0.2) is 82.2 Å². The predicted octanol–water partition coefficient (Wildman–Crippen LogP) is 5.56. The molecule has 0 spiro atoms. The van der Waals surface area contributed by atoms with Crippen molar-refractivity contribution in [1.29, 1.82) is 0 Å². The Balaban J connectivity index is 1.43. The molecule has 0 aliphatic rings. The Kier molecular flexibility index (Phi) is 7.13. The van der Waals surface area contributed by atoms with Crippen molar-refractivity contribution < 1.29 is 23.4 Å².